The molecule has 2 aromatic heterocycles. The third-order valence-electron chi connectivity index (χ3n) is 7.27. The number of amides is 1. The van der Waals surface area contributed by atoms with Gasteiger partial charge in [0.05, 0.1) is 5.69 Å². The molecule has 10 heteroatoms. The van der Waals surface area contributed by atoms with Crippen molar-refractivity contribution < 1.29 is 4.79 Å². The molecule has 1 amide bonds. The van der Waals surface area contributed by atoms with Gasteiger partial charge in [0, 0.05) is 63.0 Å². The minimum atomic E-state index is 0.152. The van der Waals surface area contributed by atoms with E-state index in [4.69, 9.17) is 0 Å². The Labute approximate surface area is 219 Å². The summed E-state index contributed by atoms with van der Waals surface area (Å²) in [6.07, 6.45) is 13.9. The topological polar surface area (TPSA) is 114 Å². The number of hydrogen-bond donors (Lipinski definition) is 4. The van der Waals surface area contributed by atoms with E-state index in [2.05, 4.69) is 71.2 Å². The number of likely N-dealkylation sites (N-methyl/N-ethyl adjacent to an activating group) is 1. The predicted octanol–water partition coefficient (Wildman–Crippen LogP) is 3.23. The second kappa shape index (κ2) is 12.3. The third kappa shape index (κ3) is 7.87. The summed E-state index contributed by atoms with van der Waals surface area (Å²) in [6.45, 7) is 6.35. The number of aromatic amines is 1. The Morgan fingerprint density at radius 1 is 1.19 bits per heavy atom. The van der Waals surface area contributed by atoms with Gasteiger partial charge >= 0.3 is 0 Å². The lowest BCUT2D eigenvalue weighted by molar-refractivity contribution is -0.121. The maximum absolute atomic E-state index is 12.3. The van der Waals surface area contributed by atoms with Crippen LogP contribution in [-0.2, 0) is 4.79 Å². The van der Waals surface area contributed by atoms with E-state index in [0.717, 1.165) is 75.7 Å². The van der Waals surface area contributed by atoms with Gasteiger partial charge in [0.1, 0.15) is 11.6 Å². The van der Waals surface area contributed by atoms with E-state index >= 15 is 0 Å². The van der Waals surface area contributed by atoms with E-state index in [0.29, 0.717) is 30.0 Å². The van der Waals surface area contributed by atoms with Crippen LogP contribution in [0, 0.1) is 5.92 Å². The maximum atomic E-state index is 12.3. The van der Waals surface area contributed by atoms with E-state index in [9.17, 15) is 4.79 Å². The normalized spacial score (nSPS) is 20.5. The van der Waals surface area contributed by atoms with Gasteiger partial charge < -0.3 is 25.8 Å². The Morgan fingerprint density at radius 3 is 2.84 bits per heavy atom. The molecule has 0 bridgehead atoms. The Balaban J connectivity index is 0.982. The van der Waals surface area contributed by atoms with Crippen molar-refractivity contribution >= 4 is 23.5 Å². The van der Waals surface area contributed by atoms with Crippen LogP contribution in [0.1, 0.15) is 50.1 Å². The molecule has 0 radical (unpaired) electrons. The number of nitrogens with one attached hydrogen (secondary N) is 4. The number of allylic oxidation sites excluding steroid dienone is 3. The molecular weight excluding hydrogens is 466 g/mol. The van der Waals surface area contributed by atoms with Crippen molar-refractivity contribution in [3.63, 3.8) is 0 Å². The van der Waals surface area contributed by atoms with Crippen molar-refractivity contribution in [3.05, 3.63) is 47.9 Å². The van der Waals surface area contributed by atoms with E-state index in [1.807, 2.05) is 12.1 Å². The molecule has 0 aromatic carbocycles. The summed E-state index contributed by atoms with van der Waals surface area (Å²) in [4.78, 5) is 26.0. The van der Waals surface area contributed by atoms with Gasteiger partial charge in [-0.2, -0.15) is 10.1 Å². The van der Waals surface area contributed by atoms with E-state index in [1.165, 1.54) is 12.8 Å². The Morgan fingerprint density at radius 2 is 2.05 bits per heavy atom. The van der Waals surface area contributed by atoms with Crippen molar-refractivity contribution in [2.45, 2.75) is 44.4 Å². The van der Waals surface area contributed by atoms with Crippen LogP contribution in [0.15, 0.2) is 42.3 Å². The average Bonchev–Trinajstić information content (AvgIpc) is 3.66. The first kappa shape index (κ1) is 25.4. The van der Waals surface area contributed by atoms with E-state index in [1.54, 1.807) is 6.20 Å². The molecule has 2 aromatic rings. The molecule has 198 valence electrons. The van der Waals surface area contributed by atoms with Crippen LogP contribution >= 0.6 is 0 Å². The van der Waals surface area contributed by atoms with Gasteiger partial charge in [0.25, 0.3) is 0 Å². The molecule has 1 saturated carbocycles. The molecule has 3 aliphatic rings. The standard InChI is InChI=1S/C27H39N9O/c1-35-15-17-36(18-16-35)14-2-12-28-26(37)10-5-20-3-8-22(9-4-20)30-27-29-13-11-24(32-27)31-25-19-23(33-34-25)21-6-7-21/h3,8-9,11,13,19-21H,2,4-7,10,12,14-18H2,1H3,(H,28,37)(H3,29,30,31,32,33,34). The van der Waals surface area contributed by atoms with Gasteiger partial charge in [-0.25, -0.2) is 4.98 Å². The van der Waals surface area contributed by atoms with Crippen LogP contribution < -0.4 is 16.0 Å². The first-order valence-electron chi connectivity index (χ1n) is 13.6. The molecule has 1 saturated heterocycles. The van der Waals surface area contributed by atoms with Crippen molar-refractivity contribution in [1.82, 2.24) is 35.3 Å². The molecular formula is C27H39N9O. The predicted molar refractivity (Wildman–Crippen MR) is 146 cm³/mol. The van der Waals surface area contributed by atoms with Crippen LogP contribution in [0.3, 0.4) is 0 Å². The number of carbonyl (C=O) groups excluding carboxylic acids is 1. The Hall–Kier alpha value is -3.24. The van der Waals surface area contributed by atoms with E-state index < -0.39 is 0 Å². The summed E-state index contributed by atoms with van der Waals surface area (Å²) >= 11 is 0. The second-order valence-electron chi connectivity index (χ2n) is 10.4. The summed E-state index contributed by atoms with van der Waals surface area (Å²) in [6, 6.07) is 3.88. The second-order valence-corrected chi connectivity index (χ2v) is 10.4. The zero-order chi connectivity index (χ0) is 25.5. The van der Waals surface area contributed by atoms with E-state index in [-0.39, 0.29) is 5.91 Å². The molecule has 3 heterocycles. The number of carbonyl (C=O) groups is 1. The Bertz CT molecular complexity index is 1100. The van der Waals surface area contributed by atoms with Crippen LogP contribution in [0.4, 0.5) is 17.6 Å². The van der Waals surface area contributed by atoms with Gasteiger partial charge in [0.2, 0.25) is 11.9 Å². The van der Waals surface area contributed by atoms with Crippen LogP contribution in [0.5, 0.6) is 0 Å². The maximum Gasteiger partial charge on any atom is 0.229 e. The van der Waals surface area contributed by atoms with Crippen LogP contribution in [0.25, 0.3) is 0 Å². The van der Waals surface area contributed by atoms with Gasteiger partial charge in [-0.3, -0.25) is 9.89 Å². The highest BCUT2D eigenvalue weighted by molar-refractivity contribution is 5.75. The number of anilines is 3. The largest absolute Gasteiger partial charge is 0.356 e. The van der Waals surface area contributed by atoms with Crippen molar-refractivity contribution in [2.24, 2.45) is 5.92 Å². The molecule has 10 nitrogen and oxygen atoms in total. The van der Waals surface area contributed by atoms with Gasteiger partial charge in [-0.05, 0) is 63.8 Å². The monoisotopic (exact) mass is 505 g/mol. The van der Waals surface area contributed by atoms with Crippen LogP contribution in [-0.4, -0.2) is 82.2 Å². The number of nitrogens with zero attached hydrogens (tertiary/aromatic N) is 5. The zero-order valence-corrected chi connectivity index (χ0v) is 21.7. The number of H-pyrrole nitrogens is 1. The van der Waals surface area contributed by atoms with Crippen molar-refractivity contribution in [1.29, 1.82) is 0 Å². The number of piperazine rings is 1. The molecule has 5 rings (SSSR count). The highest BCUT2D eigenvalue weighted by Crippen LogP contribution is 2.39. The Kier molecular flexibility index (Phi) is 8.47. The molecule has 4 N–H and O–H groups in total. The minimum Gasteiger partial charge on any atom is -0.356 e. The molecule has 1 unspecified atom stereocenters. The highest BCUT2D eigenvalue weighted by atomic mass is 16.1. The summed E-state index contributed by atoms with van der Waals surface area (Å²) in [5.41, 5.74) is 2.08. The van der Waals surface area contributed by atoms with Gasteiger partial charge in [-0.15, -0.1) is 0 Å². The molecule has 0 spiro atoms. The summed E-state index contributed by atoms with van der Waals surface area (Å²) in [5, 5.41) is 17.0. The molecule has 37 heavy (non-hydrogen) atoms. The zero-order valence-electron chi connectivity index (χ0n) is 21.7. The smallest absolute Gasteiger partial charge is 0.229 e. The lowest BCUT2D eigenvalue weighted by atomic mass is 9.94. The number of rotatable bonds is 12. The molecule has 1 aliphatic heterocycles. The highest BCUT2D eigenvalue weighted by Gasteiger charge is 2.26. The van der Waals surface area contributed by atoms with Crippen LogP contribution in [0.2, 0.25) is 0 Å². The number of hydrogen-bond acceptors (Lipinski definition) is 8. The quantitative estimate of drug-likeness (QED) is 0.325. The fraction of sp³-hybridized carbons (Fsp3) is 0.556. The third-order valence-corrected chi connectivity index (χ3v) is 7.27. The fourth-order valence-electron chi connectivity index (χ4n) is 4.72. The van der Waals surface area contributed by atoms with Gasteiger partial charge in [-0.1, -0.05) is 12.2 Å². The SMILES string of the molecule is CN1CCN(CCCNC(=O)CCC2C=CC(Nc3nccc(Nc4cc(C5CC5)n[nH]4)n3)=CC2)CC1. The molecule has 2 aliphatic carbocycles. The number of aromatic nitrogens is 4. The average molecular weight is 506 g/mol. The first-order chi connectivity index (χ1) is 18.1. The lowest BCUT2D eigenvalue weighted by Gasteiger charge is -2.32. The first-order valence-corrected chi connectivity index (χ1v) is 13.6. The lowest BCUT2D eigenvalue weighted by Crippen LogP contribution is -2.45. The van der Waals surface area contributed by atoms with Gasteiger partial charge in [0.15, 0.2) is 0 Å². The van der Waals surface area contributed by atoms with Crippen molar-refractivity contribution in [2.75, 3.05) is 56.9 Å². The fourth-order valence-corrected chi connectivity index (χ4v) is 4.72. The minimum absolute atomic E-state index is 0.152. The van der Waals surface area contributed by atoms with Crippen molar-refractivity contribution in [3.8, 4) is 0 Å². The summed E-state index contributed by atoms with van der Waals surface area (Å²) < 4.78 is 0. The molecule has 1 atom stereocenters. The summed E-state index contributed by atoms with van der Waals surface area (Å²) in [5.74, 6) is 3.21. The molecule has 2 fully saturated rings. The summed E-state index contributed by atoms with van der Waals surface area (Å²) in [7, 11) is 2.17.